The fraction of sp³-hybridized carbons (Fsp3) is 0.727. The highest BCUT2D eigenvalue weighted by Gasteiger charge is 2.54. The van der Waals surface area contributed by atoms with E-state index >= 15 is 0 Å². The van der Waals surface area contributed by atoms with Crippen LogP contribution in [0.3, 0.4) is 0 Å². The quantitative estimate of drug-likeness (QED) is 0.161. The molecule has 1 saturated heterocycles. The van der Waals surface area contributed by atoms with Gasteiger partial charge >= 0.3 is 7.75 Å². The number of rotatable bonds is 13. The number of hydrogen-bond donors (Lipinski definition) is 5. The van der Waals surface area contributed by atoms with Crippen LogP contribution in [0.1, 0.15) is 40.8 Å². The van der Waals surface area contributed by atoms with Crippen LogP contribution in [0.15, 0.2) is 6.33 Å². The minimum atomic E-state index is -3.91. The van der Waals surface area contributed by atoms with Crippen LogP contribution in [0.4, 0.5) is 5.95 Å². The Morgan fingerprint density at radius 3 is 2.69 bits per heavy atom. The number of nitrogens with one attached hydrogen (secondary N) is 1. The van der Waals surface area contributed by atoms with Gasteiger partial charge in [0.15, 0.2) is 22.5 Å². The molecular weight excluding hydrogens is 555 g/mol. The van der Waals surface area contributed by atoms with Crippen molar-refractivity contribution in [2.45, 2.75) is 64.7 Å². The second kappa shape index (κ2) is 12.3. The number of anilines is 1. The van der Waals surface area contributed by atoms with Crippen molar-refractivity contribution < 1.29 is 43.2 Å². The molecule has 39 heavy (non-hydrogen) atoms. The number of carbonyl (C=O) groups is 1. The largest absolute Gasteiger partial charge is 0.479 e. The number of nitrogen functional groups attached to an aromatic ring is 1. The first-order valence-electron chi connectivity index (χ1n) is 12.2. The van der Waals surface area contributed by atoms with Crippen LogP contribution in [0.25, 0.3) is 11.2 Å². The fourth-order valence-corrected chi connectivity index (χ4v) is 6.21. The molecule has 0 radical (unpaired) electrons. The van der Waals surface area contributed by atoms with Gasteiger partial charge in [-0.05, 0) is 34.6 Å². The molecule has 0 amide bonds. The molecule has 15 nitrogen and oxygen atoms in total. The number of aliphatic hydroxyl groups is 3. The average Bonchev–Trinajstić information content (AvgIpc) is 3.37. The number of hydrogen-bond acceptors (Lipinski definition) is 14. The third-order valence-electron chi connectivity index (χ3n) is 5.96. The molecule has 5 atom stereocenters. The zero-order valence-electron chi connectivity index (χ0n) is 22.7. The minimum Gasteiger partial charge on any atom is -0.479 e. The smallest absolute Gasteiger partial charge is 0.405 e. The van der Waals surface area contributed by atoms with Crippen molar-refractivity contribution in [3.8, 4) is 5.88 Å². The van der Waals surface area contributed by atoms with Crippen molar-refractivity contribution in [2.24, 2.45) is 5.41 Å². The molecule has 3 heterocycles. The second-order valence-corrected chi connectivity index (χ2v) is 13.0. The summed E-state index contributed by atoms with van der Waals surface area (Å²) in [5.74, 6) is 0.223. The molecule has 0 saturated carbocycles. The molecule has 0 aromatic carbocycles. The molecule has 0 bridgehead atoms. The van der Waals surface area contributed by atoms with Gasteiger partial charge in [-0.15, -0.1) is 0 Å². The van der Waals surface area contributed by atoms with E-state index < -0.39 is 43.8 Å². The van der Waals surface area contributed by atoms with E-state index in [1.54, 1.807) is 27.7 Å². The van der Waals surface area contributed by atoms with Crippen LogP contribution in [0.2, 0.25) is 0 Å². The first kappa shape index (κ1) is 31.6. The molecule has 1 aliphatic rings. The van der Waals surface area contributed by atoms with Crippen LogP contribution >= 0.6 is 19.5 Å². The molecule has 6 N–H and O–H groups in total. The molecule has 1 aliphatic heterocycles. The predicted molar refractivity (Wildman–Crippen MR) is 143 cm³/mol. The van der Waals surface area contributed by atoms with Gasteiger partial charge in [0.1, 0.15) is 17.8 Å². The van der Waals surface area contributed by atoms with E-state index in [-0.39, 0.29) is 53.1 Å². The maximum Gasteiger partial charge on any atom is 0.405 e. The number of nitrogens with zero attached hydrogens (tertiary/aromatic N) is 4. The van der Waals surface area contributed by atoms with Gasteiger partial charge in [-0.2, -0.15) is 9.97 Å². The summed E-state index contributed by atoms with van der Waals surface area (Å²) >= 11 is 0.951. The van der Waals surface area contributed by atoms with Gasteiger partial charge in [0.25, 0.3) is 0 Å². The number of aromatic nitrogens is 4. The monoisotopic (exact) mass is 592 g/mol. The molecule has 2 aromatic heterocycles. The molecule has 3 rings (SSSR count). The van der Waals surface area contributed by atoms with E-state index in [1.165, 1.54) is 24.9 Å². The standard InChI is InChI=1S/C22H37N6O9PS/c1-12(2)27-38(33,35-7-8-39-19(31)21(3,4)10-29)36-9-13-15(30)22(5,32)18(37-13)28-11-24-14-16(28)25-20(23)26-17(14)34-6/h11-13,15,18,29-30,32H,7-10H2,1-6H3,(H,27,33)(H2,23,25,26)/t13-,15-,18-,22-,38?/m1/s1. The highest BCUT2D eigenvalue weighted by Crippen LogP contribution is 2.47. The summed E-state index contributed by atoms with van der Waals surface area (Å²) in [6.45, 7) is 7.32. The Bertz CT molecular complexity index is 1210. The summed E-state index contributed by atoms with van der Waals surface area (Å²) in [6, 6.07) is -0.291. The highest BCUT2D eigenvalue weighted by molar-refractivity contribution is 8.13. The number of methoxy groups -OCH3 is 1. The van der Waals surface area contributed by atoms with Crippen LogP contribution in [-0.2, 0) is 23.1 Å². The zero-order valence-corrected chi connectivity index (χ0v) is 24.4. The summed E-state index contributed by atoms with van der Waals surface area (Å²) in [5, 5.41) is 33.9. The molecule has 220 valence electrons. The van der Waals surface area contributed by atoms with Crippen molar-refractivity contribution in [3.05, 3.63) is 6.33 Å². The molecule has 2 aromatic rings. The van der Waals surface area contributed by atoms with Gasteiger partial charge in [0.05, 0.1) is 38.7 Å². The van der Waals surface area contributed by atoms with Crippen molar-refractivity contribution >= 4 is 41.7 Å². The molecular formula is C22H37N6O9PS. The van der Waals surface area contributed by atoms with Gasteiger partial charge in [-0.1, -0.05) is 11.8 Å². The lowest BCUT2D eigenvalue weighted by atomic mass is 9.96. The maximum atomic E-state index is 13.4. The van der Waals surface area contributed by atoms with Crippen LogP contribution < -0.4 is 15.6 Å². The van der Waals surface area contributed by atoms with Crippen molar-refractivity contribution in [2.75, 3.05) is 38.4 Å². The van der Waals surface area contributed by atoms with E-state index in [2.05, 4.69) is 20.0 Å². The number of carbonyl (C=O) groups excluding carboxylic acids is 1. The van der Waals surface area contributed by atoms with E-state index in [1.807, 2.05) is 0 Å². The molecule has 1 fully saturated rings. The van der Waals surface area contributed by atoms with E-state index in [0.717, 1.165) is 11.8 Å². The van der Waals surface area contributed by atoms with E-state index in [4.69, 9.17) is 24.3 Å². The number of imidazole rings is 1. The average molecular weight is 593 g/mol. The molecule has 17 heteroatoms. The Morgan fingerprint density at radius 1 is 1.38 bits per heavy atom. The number of nitrogens with two attached hydrogens (primary N) is 1. The lowest BCUT2D eigenvalue weighted by Crippen LogP contribution is -2.44. The van der Waals surface area contributed by atoms with Gasteiger partial charge in [-0.25, -0.2) is 14.6 Å². The summed E-state index contributed by atoms with van der Waals surface area (Å²) in [5.41, 5.74) is 3.53. The van der Waals surface area contributed by atoms with Gasteiger partial charge in [0, 0.05) is 11.8 Å². The summed E-state index contributed by atoms with van der Waals surface area (Å²) in [4.78, 5) is 24.6. The zero-order chi connectivity index (χ0) is 29.2. The first-order chi connectivity index (χ1) is 18.1. The molecule has 0 aliphatic carbocycles. The Balaban J connectivity index is 1.71. The normalized spacial score (nSPS) is 25.3. The lowest BCUT2D eigenvalue weighted by Gasteiger charge is -2.27. The minimum absolute atomic E-state index is 0.0863. The Morgan fingerprint density at radius 2 is 2.08 bits per heavy atom. The highest BCUT2D eigenvalue weighted by atomic mass is 32.2. The Labute approximate surface area is 230 Å². The van der Waals surface area contributed by atoms with Crippen molar-refractivity contribution in [1.82, 2.24) is 24.6 Å². The van der Waals surface area contributed by atoms with E-state index in [0.29, 0.717) is 0 Å². The van der Waals surface area contributed by atoms with Crippen LogP contribution in [0, 0.1) is 5.41 Å². The lowest BCUT2D eigenvalue weighted by molar-refractivity contribution is -0.119. The molecule has 1 unspecified atom stereocenters. The second-order valence-electron chi connectivity index (χ2n) is 10.2. The number of ether oxygens (including phenoxy) is 2. The summed E-state index contributed by atoms with van der Waals surface area (Å²) < 4.78 is 37.0. The number of aliphatic hydroxyl groups excluding tert-OH is 2. The summed E-state index contributed by atoms with van der Waals surface area (Å²) in [6.07, 6.45) is -2.39. The Kier molecular flexibility index (Phi) is 10.0. The Hall–Kier alpha value is -1.88. The van der Waals surface area contributed by atoms with Crippen molar-refractivity contribution in [3.63, 3.8) is 0 Å². The first-order valence-corrected chi connectivity index (χ1v) is 14.7. The third-order valence-corrected chi connectivity index (χ3v) is 8.99. The SMILES string of the molecule is COc1nc(N)nc2c1ncn2[C@@H]1O[C@H](COP(=O)(NC(C)C)OCCSC(=O)C(C)(C)CO)[C@@H](O)[C@@]1(C)O. The fourth-order valence-electron chi connectivity index (χ4n) is 3.75. The maximum absolute atomic E-state index is 13.4. The van der Waals surface area contributed by atoms with E-state index in [9.17, 15) is 24.7 Å². The van der Waals surface area contributed by atoms with Gasteiger partial charge in [-0.3, -0.25) is 18.4 Å². The van der Waals surface area contributed by atoms with Gasteiger partial charge in [0.2, 0.25) is 11.8 Å². The predicted octanol–water partition coefficient (Wildman–Crippen LogP) is 0.844. The summed E-state index contributed by atoms with van der Waals surface area (Å²) in [7, 11) is -2.51. The third kappa shape index (κ3) is 7.07. The van der Waals surface area contributed by atoms with Crippen molar-refractivity contribution in [1.29, 1.82) is 0 Å². The van der Waals surface area contributed by atoms with Crippen LogP contribution in [0.5, 0.6) is 5.88 Å². The van der Waals surface area contributed by atoms with Gasteiger partial charge < -0.3 is 30.5 Å². The topological polar surface area (TPSA) is 213 Å². The van der Waals surface area contributed by atoms with Crippen LogP contribution in [-0.4, -0.2) is 96.5 Å². The number of fused-ring (bicyclic) bond motifs is 1. The molecule has 0 spiro atoms. The number of thioether (sulfide) groups is 1.